The number of anilines is 1. The second kappa shape index (κ2) is 6.14. The second-order valence-electron chi connectivity index (χ2n) is 3.84. The van der Waals surface area contributed by atoms with E-state index in [1.54, 1.807) is 6.07 Å². The van der Waals surface area contributed by atoms with Crippen molar-refractivity contribution >= 4 is 21.6 Å². The van der Waals surface area contributed by atoms with E-state index in [0.29, 0.717) is 10.9 Å². The van der Waals surface area contributed by atoms with Crippen LogP contribution in [0.5, 0.6) is 0 Å². The summed E-state index contributed by atoms with van der Waals surface area (Å²) in [5, 5.41) is 2.76. The largest absolute Gasteiger partial charge is 0.418 e. The molecule has 0 bridgehead atoms. The predicted molar refractivity (Wildman–Crippen MR) is 70.3 cm³/mol. The molecule has 0 fully saturated rings. The van der Waals surface area contributed by atoms with Crippen molar-refractivity contribution in [2.45, 2.75) is 32.0 Å². The summed E-state index contributed by atoms with van der Waals surface area (Å²) >= 11 is 3.03. The van der Waals surface area contributed by atoms with E-state index >= 15 is 0 Å². The Hall–Kier alpha value is -1.15. The second-order valence-corrected chi connectivity index (χ2v) is 4.76. The lowest BCUT2D eigenvalue weighted by Crippen LogP contribution is -2.20. The van der Waals surface area contributed by atoms with E-state index in [0.717, 1.165) is 12.5 Å². The van der Waals surface area contributed by atoms with Crippen LogP contribution in [-0.4, -0.2) is 6.04 Å². The Morgan fingerprint density at radius 2 is 2.11 bits per heavy atom. The number of nitrogens with one attached hydrogen (secondary N) is 1. The summed E-state index contributed by atoms with van der Waals surface area (Å²) < 4.78 is 39.0. The fourth-order valence-electron chi connectivity index (χ4n) is 1.55. The molecule has 1 nitrogen and oxygen atoms in total. The molecule has 1 rings (SSSR count). The quantitative estimate of drug-likeness (QED) is 0.794. The summed E-state index contributed by atoms with van der Waals surface area (Å²) in [7, 11) is 0. The van der Waals surface area contributed by atoms with Crippen molar-refractivity contribution in [3.05, 3.63) is 28.2 Å². The van der Waals surface area contributed by atoms with Gasteiger partial charge in [-0.3, -0.25) is 0 Å². The van der Waals surface area contributed by atoms with Gasteiger partial charge in [0.05, 0.1) is 11.6 Å². The molecular formula is C13H13BrF3N. The number of alkyl halides is 3. The molecule has 98 valence electrons. The summed E-state index contributed by atoms with van der Waals surface area (Å²) in [4.78, 5) is 0. The van der Waals surface area contributed by atoms with Crippen molar-refractivity contribution in [1.82, 2.24) is 0 Å². The van der Waals surface area contributed by atoms with Crippen molar-refractivity contribution in [3.63, 3.8) is 0 Å². The average Bonchev–Trinajstić information content (AvgIpc) is 2.29. The molecule has 1 aromatic carbocycles. The molecule has 0 aliphatic rings. The normalized spacial score (nSPS) is 12.9. The van der Waals surface area contributed by atoms with Crippen molar-refractivity contribution in [1.29, 1.82) is 0 Å². The van der Waals surface area contributed by atoms with Crippen LogP contribution in [0.25, 0.3) is 0 Å². The van der Waals surface area contributed by atoms with Crippen LogP contribution in [0.4, 0.5) is 18.9 Å². The molecule has 0 saturated carbocycles. The lowest BCUT2D eigenvalue weighted by Gasteiger charge is -2.18. The van der Waals surface area contributed by atoms with Gasteiger partial charge in [-0.25, -0.2) is 0 Å². The molecule has 0 aliphatic carbocycles. The number of halogens is 4. The Kier molecular flexibility index (Phi) is 5.09. The highest BCUT2D eigenvalue weighted by molar-refractivity contribution is 9.10. The van der Waals surface area contributed by atoms with Gasteiger partial charge in [-0.05, 0) is 24.6 Å². The highest BCUT2D eigenvalue weighted by Gasteiger charge is 2.34. The average molecular weight is 320 g/mol. The lowest BCUT2D eigenvalue weighted by molar-refractivity contribution is -0.137. The zero-order valence-corrected chi connectivity index (χ0v) is 11.4. The molecule has 0 aromatic heterocycles. The van der Waals surface area contributed by atoms with Crippen LogP contribution >= 0.6 is 15.9 Å². The zero-order valence-electron chi connectivity index (χ0n) is 9.81. The standard InChI is InChI=1S/C13H13BrF3N/c1-3-5-10(4-2)18-12-7-6-9(14)8-11(12)13(15,16)17/h2,6-8,10,18H,3,5H2,1H3. The molecule has 1 atom stereocenters. The first kappa shape index (κ1) is 14.9. The first-order chi connectivity index (χ1) is 8.38. The smallest absolute Gasteiger partial charge is 0.371 e. The van der Waals surface area contributed by atoms with Gasteiger partial charge in [-0.2, -0.15) is 13.2 Å². The van der Waals surface area contributed by atoms with Crippen molar-refractivity contribution in [2.75, 3.05) is 5.32 Å². The molecule has 0 spiro atoms. The van der Waals surface area contributed by atoms with Crippen LogP contribution < -0.4 is 5.32 Å². The van der Waals surface area contributed by atoms with Crippen molar-refractivity contribution in [2.24, 2.45) is 0 Å². The topological polar surface area (TPSA) is 12.0 Å². The predicted octanol–water partition coefficient (Wildman–Crippen LogP) is 4.68. The molecule has 5 heteroatoms. The Labute approximate surface area is 113 Å². The minimum absolute atomic E-state index is 0.0158. The van der Waals surface area contributed by atoms with Gasteiger partial charge in [-0.1, -0.05) is 35.2 Å². The van der Waals surface area contributed by atoms with E-state index in [1.165, 1.54) is 6.07 Å². The molecule has 1 N–H and O–H groups in total. The van der Waals surface area contributed by atoms with Crippen LogP contribution in [-0.2, 0) is 6.18 Å². The first-order valence-electron chi connectivity index (χ1n) is 5.48. The Bertz CT molecular complexity index is 449. The van der Waals surface area contributed by atoms with Gasteiger partial charge >= 0.3 is 6.18 Å². The van der Waals surface area contributed by atoms with Gasteiger partial charge in [0.15, 0.2) is 0 Å². The molecule has 0 radical (unpaired) electrons. The molecule has 0 amide bonds. The Balaban J connectivity index is 3.05. The van der Waals surface area contributed by atoms with Gasteiger partial charge in [-0.15, -0.1) is 6.42 Å². The third kappa shape index (κ3) is 3.95. The minimum Gasteiger partial charge on any atom is -0.371 e. The molecule has 1 aromatic rings. The highest BCUT2D eigenvalue weighted by Crippen LogP contribution is 2.36. The summed E-state index contributed by atoms with van der Waals surface area (Å²) in [5.41, 5.74) is -0.699. The summed E-state index contributed by atoms with van der Waals surface area (Å²) in [5.74, 6) is 2.45. The SMILES string of the molecule is C#CC(CCC)Nc1ccc(Br)cc1C(F)(F)F. The maximum absolute atomic E-state index is 12.9. The van der Waals surface area contributed by atoms with E-state index in [4.69, 9.17) is 6.42 Å². The number of hydrogen-bond donors (Lipinski definition) is 1. The monoisotopic (exact) mass is 319 g/mol. The maximum atomic E-state index is 12.9. The fourth-order valence-corrected chi connectivity index (χ4v) is 1.91. The molecular weight excluding hydrogens is 307 g/mol. The van der Waals surface area contributed by atoms with Crippen molar-refractivity contribution in [3.8, 4) is 12.3 Å². The van der Waals surface area contributed by atoms with E-state index < -0.39 is 17.8 Å². The Morgan fingerprint density at radius 1 is 1.44 bits per heavy atom. The highest BCUT2D eigenvalue weighted by atomic mass is 79.9. The van der Waals surface area contributed by atoms with Gasteiger partial charge in [0, 0.05) is 10.2 Å². The Morgan fingerprint density at radius 3 is 2.61 bits per heavy atom. The maximum Gasteiger partial charge on any atom is 0.418 e. The number of rotatable bonds is 4. The summed E-state index contributed by atoms with van der Waals surface area (Å²) in [6, 6.07) is 3.59. The zero-order chi connectivity index (χ0) is 13.8. The van der Waals surface area contributed by atoms with Crippen LogP contribution in [0.1, 0.15) is 25.3 Å². The molecule has 0 saturated heterocycles. The number of benzene rings is 1. The van der Waals surface area contributed by atoms with Gasteiger partial charge in [0.2, 0.25) is 0 Å². The van der Waals surface area contributed by atoms with Crippen LogP contribution in [0.3, 0.4) is 0 Å². The van der Waals surface area contributed by atoms with E-state index in [-0.39, 0.29) is 5.69 Å². The van der Waals surface area contributed by atoms with Crippen molar-refractivity contribution < 1.29 is 13.2 Å². The van der Waals surface area contributed by atoms with Gasteiger partial charge < -0.3 is 5.32 Å². The summed E-state index contributed by atoms with van der Waals surface area (Å²) in [6.45, 7) is 1.93. The van der Waals surface area contributed by atoms with E-state index in [2.05, 4.69) is 27.2 Å². The lowest BCUT2D eigenvalue weighted by atomic mass is 10.1. The number of hydrogen-bond acceptors (Lipinski definition) is 1. The third-order valence-electron chi connectivity index (χ3n) is 2.40. The minimum atomic E-state index is -4.41. The number of terminal acetylenes is 1. The molecule has 18 heavy (non-hydrogen) atoms. The van der Waals surface area contributed by atoms with Crippen LogP contribution in [0.15, 0.2) is 22.7 Å². The summed E-state index contributed by atoms with van der Waals surface area (Å²) in [6.07, 6.45) is 2.32. The van der Waals surface area contributed by atoms with Crippen LogP contribution in [0.2, 0.25) is 0 Å². The van der Waals surface area contributed by atoms with E-state index in [1.807, 2.05) is 6.92 Å². The molecule has 0 aliphatic heterocycles. The van der Waals surface area contributed by atoms with E-state index in [9.17, 15) is 13.2 Å². The van der Waals surface area contributed by atoms with Gasteiger partial charge in [0.1, 0.15) is 0 Å². The molecule has 0 heterocycles. The third-order valence-corrected chi connectivity index (χ3v) is 2.89. The molecule has 1 unspecified atom stereocenters. The fraction of sp³-hybridized carbons (Fsp3) is 0.385. The first-order valence-corrected chi connectivity index (χ1v) is 6.27. The van der Waals surface area contributed by atoms with Crippen LogP contribution in [0, 0.1) is 12.3 Å². The van der Waals surface area contributed by atoms with Gasteiger partial charge in [0.25, 0.3) is 0 Å².